The number of carbonyl (C=O) groups excluding carboxylic acids is 1. The summed E-state index contributed by atoms with van der Waals surface area (Å²) in [7, 11) is 0. The zero-order valence-electron chi connectivity index (χ0n) is 14.7. The molecular weight excluding hydrogens is 328 g/mol. The van der Waals surface area contributed by atoms with Gasteiger partial charge < -0.3 is 10.2 Å². The first-order valence-corrected chi connectivity index (χ1v) is 9.18. The average molecular weight is 352 g/mol. The molecule has 136 valence electrons. The normalized spacial score (nSPS) is 28.2. The van der Waals surface area contributed by atoms with E-state index in [9.17, 15) is 15.0 Å². The number of fused-ring (bicyclic) bond motifs is 1. The van der Waals surface area contributed by atoms with E-state index in [0.717, 1.165) is 31.6 Å². The lowest BCUT2D eigenvalue weighted by Crippen LogP contribution is -2.34. The number of likely N-dealkylation sites (tertiary alicyclic amines) is 1. The van der Waals surface area contributed by atoms with Crippen molar-refractivity contribution in [2.75, 3.05) is 19.6 Å². The van der Waals surface area contributed by atoms with Crippen LogP contribution < -0.4 is 0 Å². The van der Waals surface area contributed by atoms with Gasteiger partial charge in [0.05, 0.1) is 12.1 Å². The number of Topliss-reactive ketones (excluding diaryl/α,β-unsaturated/α-hetero) is 1. The summed E-state index contributed by atoms with van der Waals surface area (Å²) in [5.41, 5.74) is 0.900. The molecular formula is C21H24N2O3. The molecule has 1 saturated carbocycles. The molecule has 5 nitrogen and oxygen atoms in total. The number of phenols is 1. The topological polar surface area (TPSA) is 73.7 Å². The van der Waals surface area contributed by atoms with Crippen LogP contribution in [0, 0.1) is 11.8 Å². The van der Waals surface area contributed by atoms with Crippen LogP contribution in [0.25, 0.3) is 0 Å². The minimum Gasteiger partial charge on any atom is -0.508 e. The number of pyridine rings is 1. The van der Waals surface area contributed by atoms with Gasteiger partial charge in [0.25, 0.3) is 0 Å². The van der Waals surface area contributed by atoms with Crippen molar-refractivity contribution in [2.24, 2.45) is 11.8 Å². The van der Waals surface area contributed by atoms with Crippen LogP contribution in [0.4, 0.5) is 0 Å². The highest BCUT2D eigenvalue weighted by atomic mass is 16.3. The Balaban J connectivity index is 1.33. The second-order valence-electron chi connectivity index (χ2n) is 7.81. The molecule has 0 unspecified atom stereocenters. The van der Waals surface area contributed by atoms with Crippen molar-refractivity contribution in [1.82, 2.24) is 9.88 Å². The Kier molecular flexibility index (Phi) is 4.51. The first-order chi connectivity index (χ1) is 12.5. The maximum Gasteiger partial charge on any atom is 0.176 e. The van der Waals surface area contributed by atoms with Crippen molar-refractivity contribution in [3.63, 3.8) is 0 Å². The van der Waals surface area contributed by atoms with E-state index in [2.05, 4.69) is 9.88 Å². The lowest BCUT2D eigenvalue weighted by molar-refractivity contribution is 0.0347. The molecule has 26 heavy (non-hydrogen) atoms. The molecule has 1 aliphatic heterocycles. The van der Waals surface area contributed by atoms with Crippen molar-refractivity contribution in [3.05, 3.63) is 59.9 Å². The SMILES string of the molecule is O=C(CN1C[C@@H]2C[C@](O)(Cc3ccccn3)C[C@@H]2C1)c1ccc(O)cc1. The Hall–Kier alpha value is -2.24. The number of nitrogens with zero attached hydrogens (tertiary/aromatic N) is 2. The molecule has 5 heteroatoms. The Morgan fingerprint density at radius 3 is 2.42 bits per heavy atom. The first kappa shape index (κ1) is 17.2. The van der Waals surface area contributed by atoms with E-state index in [1.165, 1.54) is 0 Å². The summed E-state index contributed by atoms with van der Waals surface area (Å²) < 4.78 is 0. The number of hydrogen-bond donors (Lipinski definition) is 2. The molecule has 2 aromatic rings. The third-order valence-corrected chi connectivity index (χ3v) is 5.73. The van der Waals surface area contributed by atoms with Gasteiger partial charge in [-0.15, -0.1) is 0 Å². The lowest BCUT2D eigenvalue weighted by Gasteiger charge is -2.25. The van der Waals surface area contributed by atoms with Crippen LogP contribution in [0.15, 0.2) is 48.7 Å². The van der Waals surface area contributed by atoms with E-state index >= 15 is 0 Å². The number of benzene rings is 1. The summed E-state index contributed by atoms with van der Waals surface area (Å²) in [6, 6.07) is 12.2. The monoisotopic (exact) mass is 352 g/mol. The van der Waals surface area contributed by atoms with Crippen molar-refractivity contribution in [3.8, 4) is 5.75 Å². The van der Waals surface area contributed by atoms with Crippen LogP contribution in [-0.2, 0) is 6.42 Å². The minimum atomic E-state index is -0.670. The van der Waals surface area contributed by atoms with Gasteiger partial charge in [-0.2, -0.15) is 0 Å². The molecule has 1 saturated heterocycles. The van der Waals surface area contributed by atoms with E-state index in [1.807, 2.05) is 18.2 Å². The molecule has 4 rings (SSSR count). The molecule has 2 aliphatic rings. The highest BCUT2D eigenvalue weighted by Crippen LogP contribution is 2.45. The van der Waals surface area contributed by atoms with Gasteiger partial charge in [0.2, 0.25) is 0 Å². The quantitative estimate of drug-likeness (QED) is 0.808. The second-order valence-corrected chi connectivity index (χ2v) is 7.81. The second kappa shape index (κ2) is 6.82. The van der Waals surface area contributed by atoms with Crippen LogP contribution in [0.3, 0.4) is 0 Å². The smallest absolute Gasteiger partial charge is 0.176 e. The highest BCUT2D eigenvalue weighted by molar-refractivity contribution is 5.97. The molecule has 1 aromatic heterocycles. The first-order valence-electron chi connectivity index (χ1n) is 9.18. The molecule has 2 heterocycles. The van der Waals surface area contributed by atoms with Gasteiger partial charge in [-0.25, -0.2) is 0 Å². The van der Waals surface area contributed by atoms with Crippen molar-refractivity contribution in [2.45, 2.75) is 24.9 Å². The predicted octanol–water partition coefficient (Wildman–Crippen LogP) is 2.29. The van der Waals surface area contributed by atoms with Crippen molar-refractivity contribution < 1.29 is 15.0 Å². The number of ketones is 1. The van der Waals surface area contributed by atoms with Crippen LogP contribution in [0.2, 0.25) is 0 Å². The molecule has 1 aliphatic carbocycles. The van der Waals surface area contributed by atoms with Gasteiger partial charge in [-0.1, -0.05) is 6.07 Å². The fourth-order valence-corrected chi connectivity index (χ4v) is 4.61. The largest absolute Gasteiger partial charge is 0.508 e. The number of aliphatic hydroxyl groups is 1. The van der Waals surface area contributed by atoms with E-state index in [4.69, 9.17) is 0 Å². The Morgan fingerprint density at radius 1 is 1.12 bits per heavy atom. The maximum atomic E-state index is 12.4. The highest BCUT2D eigenvalue weighted by Gasteiger charge is 2.48. The molecule has 0 radical (unpaired) electrons. The van der Waals surface area contributed by atoms with Crippen LogP contribution in [0.1, 0.15) is 28.9 Å². The van der Waals surface area contributed by atoms with Crippen molar-refractivity contribution >= 4 is 5.78 Å². The summed E-state index contributed by atoms with van der Waals surface area (Å²) >= 11 is 0. The van der Waals surface area contributed by atoms with Crippen LogP contribution in [0.5, 0.6) is 5.75 Å². The molecule has 0 spiro atoms. The number of hydrogen-bond acceptors (Lipinski definition) is 5. The zero-order chi connectivity index (χ0) is 18.1. The summed E-state index contributed by atoms with van der Waals surface area (Å²) in [6.07, 6.45) is 3.93. The van der Waals surface area contributed by atoms with E-state index < -0.39 is 5.60 Å². The molecule has 3 atom stereocenters. The minimum absolute atomic E-state index is 0.0775. The fraction of sp³-hybridized carbons (Fsp3) is 0.429. The number of phenolic OH excluding ortho intramolecular Hbond substituents is 1. The molecule has 1 aromatic carbocycles. The molecule has 0 amide bonds. The third kappa shape index (κ3) is 3.64. The Labute approximate surface area is 153 Å². The molecule has 0 bridgehead atoms. The summed E-state index contributed by atoms with van der Waals surface area (Å²) in [6.45, 7) is 2.12. The van der Waals surface area contributed by atoms with Crippen LogP contribution in [-0.4, -0.2) is 51.1 Å². The van der Waals surface area contributed by atoms with Gasteiger partial charge in [0.1, 0.15) is 5.75 Å². The van der Waals surface area contributed by atoms with E-state index in [1.54, 1.807) is 30.5 Å². The third-order valence-electron chi connectivity index (χ3n) is 5.73. The standard InChI is InChI=1S/C21H24N2O3/c24-19-6-4-15(5-7-19)20(25)14-23-12-16-9-21(26,10-17(16)13-23)11-18-3-1-2-8-22-18/h1-8,16-17,24,26H,9-14H2/t16-,17+,21+. The van der Waals surface area contributed by atoms with Gasteiger partial charge in [-0.05, 0) is 61.1 Å². The predicted molar refractivity (Wildman–Crippen MR) is 98.0 cm³/mol. The zero-order valence-corrected chi connectivity index (χ0v) is 14.7. The number of carbonyl (C=O) groups is 1. The fourth-order valence-electron chi connectivity index (χ4n) is 4.61. The van der Waals surface area contributed by atoms with Gasteiger partial charge in [0, 0.05) is 37.0 Å². The summed E-state index contributed by atoms with van der Waals surface area (Å²) in [5, 5.41) is 20.3. The molecule has 2 fully saturated rings. The van der Waals surface area contributed by atoms with Gasteiger partial charge in [-0.3, -0.25) is 14.7 Å². The number of rotatable bonds is 5. The van der Waals surface area contributed by atoms with E-state index in [-0.39, 0.29) is 11.5 Å². The average Bonchev–Trinajstić information content (AvgIpc) is 3.10. The summed E-state index contributed by atoms with van der Waals surface area (Å²) in [4.78, 5) is 19.0. The Morgan fingerprint density at radius 2 is 1.81 bits per heavy atom. The maximum absolute atomic E-state index is 12.4. The molecule has 2 N–H and O–H groups in total. The number of aromatic hydroxyl groups is 1. The van der Waals surface area contributed by atoms with Gasteiger partial charge in [0.15, 0.2) is 5.78 Å². The van der Waals surface area contributed by atoms with Crippen LogP contribution >= 0.6 is 0 Å². The Bertz CT molecular complexity index is 762. The van der Waals surface area contributed by atoms with Crippen molar-refractivity contribution in [1.29, 1.82) is 0 Å². The lowest BCUT2D eigenvalue weighted by atomic mass is 9.93. The summed E-state index contributed by atoms with van der Waals surface area (Å²) in [5.74, 6) is 1.13. The number of aromatic nitrogens is 1. The van der Waals surface area contributed by atoms with Gasteiger partial charge >= 0.3 is 0 Å². The van der Waals surface area contributed by atoms with E-state index in [0.29, 0.717) is 30.4 Å².